The topological polar surface area (TPSA) is 55.3 Å². The second-order valence-corrected chi connectivity index (χ2v) is 5.01. The maximum absolute atomic E-state index is 6.00. The summed E-state index contributed by atoms with van der Waals surface area (Å²) in [5, 5.41) is 0. The molecule has 0 bridgehead atoms. The van der Waals surface area contributed by atoms with Crippen molar-refractivity contribution in [1.29, 1.82) is 0 Å². The molecule has 1 aliphatic heterocycles. The van der Waals surface area contributed by atoms with Crippen LogP contribution >= 0.6 is 0 Å². The van der Waals surface area contributed by atoms with Gasteiger partial charge in [-0.25, -0.2) is 0 Å². The molecule has 2 aliphatic rings. The number of nitrogens with two attached hydrogens (primary N) is 2. The molecule has 0 spiro atoms. The lowest BCUT2D eigenvalue weighted by Crippen LogP contribution is -2.47. The van der Waals surface area contributed by atoms with Crippen LogP contribution in [0.5, 0.6) is 0 Å². The number of likely N-dealkylation sites (tertiary alicyclic amines) is 1. The summed E-state index contributed by atoms with van der Waals surface area (Å²) in [7, 11) is 0. The van der Waals surface area contributed by atoms with Crippen molar-refractivity contribution in [2.45, 2.75) is 44.2 Å². The maximum atomic E-state index is 6.00. The third kappa shape index (κ3) is 2.47. The highest BCUT2D eigenvalue weighted by Crippen LogP contribution is 2.24. The average molecular weight is 197 g/mol. The average Bonchev–Trinajstić information content (AvgIpc) is 2.64. The van der Waals surface area contributed by atoms with Crippen molar-refractivity contribution in [3.8, 4) is 0 Å². The summed E-state index contributed by atoms with van der Waals surface area (Å²) in [6, 6.07) is 0.501. The zero-order chi connectivity index (χ0) is 9.97. The van der Waals surface area contributed by atoms with Gasteiger partial charge in [0.05, 0.1) is 0 Å². The summed E-state index contributed by atoms with van der Waals surface area (Å²) >= 11 is 0. The van der Waals surface area contributed by atoms with Gasteiger partial charge in [-0.3, -0.25) is 0 Å². The number of nitrogens with zero attached hydrogens (tertiary/aromatic N) is 1. The first-order valence-corrected chi connectivity index (χ1v) is 5.99. The number of hydrogen-bond donors (Lipinski definition) is 2. The fraction of sp³-hybridized carbons (Fsp3) is 1.00. The van der Waals surface area contributed by atoms with Crippen LogP contribution in [0.1, 0.15) is 32.1 Å². The molecule has 0 amide bonds. The molecule has 14 heavy (non-hydrogen) atoms. The fourth-order valence-electron chi connectivity index (χ4n) is 2.82. The summed E-state index contributed by atoms with van der Waals surface area (Å²) in [4.78, 5) is 2.59. The minimum Gasteiger partial charge on any atom is -0.326 e. The molecule has 1 aliphatic carbocycles. The van der Waals surface area contributed by atoms with Gasteiger partial charge in [-0.2, -0.15) is 0 Å². The highest BCUT2D eigenvalue weighted by Gasteiger charge is 2.27. The van der Waals surface area contributed by atoms with E-state index in [0.29, 0.717) is 0 Å². The molecule has 3 nitrogen and oxygen atoms in total. The van der Waals surface area contributed by atoms with Gasteiger partial charge in [0.1, 0.15) is 0 Å². The van der Waals surface area contributed by atoms with Gasteiger partial charge < -0.3 is 16.4 Å². The molecule has 0 aromatic rings. The van der Waals surface area contributed by atoms with Crippen LogP contribution in [0.2, 0.25) is 0 Å². The monoisotopic (exact) mass is 197 g/mol. The highest BCUT2D eigenvalue weighted by molar-refractivity contribution is 4.86. The Balaban J connectivity index is 1.75. The van der Waals surface area contributed by atoms with Gasteiger partial charge in [-0.15, -0.1) is 0 Å². The SMILES string of the molecule is N[C@@H]1CC(CN2CCCC2)CC[C@@H]1N. The van der Waals surface area contributed by atoms with Crippen LogP contribution < -0.4 is 11.5 Å². The molecular formula is C11H23N3. The molecule has 0 aromatic carbocycles. The van der Waals surface area contributed by atoms with Gasteiger partial charge in [0.15, 0.2) is 0 Å². The molecule has 82 valence electrons. The van der Waals surface area contributed by atoms with Gasteiger partial charge in [-0.1, -0.05) is 0 Å². The maximum Gasteiger partial charge on any atom is 0.0195 e. The van der Waals surface area contributed by atoms with Gasteiger partial charge in [0.2, 0.25) is 0 Å². The van der Waals surface area contributed by atoms with Gasteiger partial charge in [0.25, 0.3) is 0 Å². The lowest BCUT2D eigenvalue weighted by Gasteiger charge is -2.33. The van der Waals surface area contributed by atoms with E-state index >= 15 is 0 Å². The zero-order valence-corrected chi connectivity index (χ0v) is 8.99. The Bertz CT molecular complexity index is 177. The molecule has 1 unspecified atom stereocenters. The van der Waals surface area contributed by atoms with E-state index in [1.807, 2.05) is 0 Å². The van der Waals surface area contributed by atoms with Crippen LogP contribution in [0.25, 0.3) is 0 Å². The second kappa shape index (κ2) is 4.60. The smallest absolute Gasteiger partial charge is 0.0195 e. The van der Waals surface area contributed by atoms with Crippen molar-refractivity contribution < 1.29 is 0 Å². The van der Waals surface area contributed by atoms with E-state index in [9.17, 15) is 0 Å². The van der Waals surface area contributed by atoms with Gasteiger partial charge in [0, 0.05) is 18.6 Å². The molecule has 4 N–H and O–H groups in total. The molecule has 0 radical (unpaired) electrons. The minimum absolute atomic E-state index is 0.247. The van der Waals surface area contributed by atoms with E-state index in [-0.39, 0.29) is 12.1 Å². The quantitative estimate of drug-likeness (QED) is 0.679. The third-order valence-electron chi connectivity index (χ3n) is 3.78. The minimum atomic E-state index is 0.247. The van der Waals surface area contributed by atoms with E-state index in [1.54, 1.807) is 0 Å². The Morgan fingerprint density at radius 1 is 1.00 bits per heavy atom. The van der Waals surface area contributed by atoms with Crippen LogP contribution in [-0.2, 0) is 0 Å². The first kappa shape index (κ1) is 10.4. The molecule has 0 aromatic heterocycles. The lowest BCUT2D eigenvalue weighted by atomic mass is 9.83. The Kier molecular flexibility index (Phi) is 3.42. The molecule has 1 saturated carbocycles. The summed E-state index contributed by atoms with van der Waals surface area (Å²) in [6.07, 6.45) is 6.32. The fourth-order valence-corrected chi connectivity index (χ4v) is 2.82. The van der Waals surface area contributed by atoms with E-state index in [1.165, 1.54) is 38.9 Å². The van der Waals surface area contributed by atoms with Crippen molar-refractivity contribution in [2.24, 2.45) is 17.4 Å². The first-order valence-electron chi connectivity index (χ1n) is 5.99. The summed E-state index contributed by atoms with van der Waals surface area (Å²) in [5.41, 5.74) is 11.9. The van der Waals surface area contributed by atoms with Crippen LogP contribution in [0.4, 0.5) is 0 Å². The van der Waals surface area contributed by atoms with E-state index in [2.05, 4.69) is 4.90 Å². The highest BCUT2D eigenvalue weighted by atomic mass is 15.1. The second-order valence-electron chi connectivity index (χ2n) is 5.01. The largest absolute Gasteiger partial charge is 0.326 e. The van der Waals surface area contributed by atoms with E-state index in [4.69, 9.17) is 11.5 Å². The van der Waals surface area contributed by atoms with Crippen molar-refractivity contribution in [3.05, 3.63) is 0 Å². The Morgan fingerprint density at radius 3 is 2.36 bits per heavy atom. The van der Waals surface area contributed by atoms with Gasteiger partial charge in [-0.05, 0) is 51.1 Å². The Hall–Kier alpha value is -0.120. The molecule has 2 fully saturated rings. The van der Waals surface area contributed by atoms with Crippen molar-refractivity contribution in [2.75, 3.05) is 19.6 Å². The molecule has 1 heterocycles. The predicted octanol–water partition coefficient (Wildman–Crippen LogP) is 0.537. The zero-order valence-electron chi connectivity index (χ0n) is 8.99. The van der Waals surface area contributed by atoms with Crippen molar-refractivity contribution >= 4 is 0 Å². The van der Waals surface area contributed by atoms with Crippen molar-refractivity contribution in [3.63, 3.8) is 0 Å². The molecular weight excluding hydrogens is 174 g/mol. The number of hydrogen-bond acceptors (Lipinski definition) is 3. The third-order valence-corrected chi connectivity index (χ3v) is 3.78. The summed E-state index contributed by atoms with van der Waals surface area (Å²) in [6.45, 7) is 3.87. The molecule has 3 atom stereocenters. The molecule has 3 heteroatoms. The Morgan fingerprint density at radius 2 is 1.71 bits per heavy atom. The summed E-state index contributed by atoms with van der Waals surface area (Å²) < 4.78 is 0. The van der Waals surface area contributed by atoms with E-state index in [0.717, 1.165) is 18.8 Å². The first-order chi connectivity index (χ1) is 6.75. The van der Waals surface area contributed by atoms with Crippen molar-refractivity contribution in [1.82, 2.24) is 4.90 Å². The Labute approximate surface area is 86.8 Å². The van der Waals surface area contributed by atoms with Crippen LogP contribution in [0.15, 0.2) is 0 Å². The summed E-state index contributed by atoms with van der Waals surface area (Å²) in [5.74, 6) is 0.808. The lowest BCUT2D eigenvalue weighted by molar-refractivity contribution is 0.209. The number of rotatable bonds is 2. The van der Waals surface area contributed by atoms with Crippen LogP contribution in [0, 0.1) is 5.92 Å². The predicted molar refractivity (Wildman–Crippen MR) is 59.0 cm³/mol. The molecule has 1 saturated heterocycles. The standard InChI is InChI=1S/C11H23N3/c12-10-4-3-9(7-11(10)13)8-14-5-1-2-6-14/h9-11H,1-8,12-13H2/t9?,10-,11+/m0/s1. The van der Waals surface area contributed by atoms with Gasteiger partial charge >= 0.3 is 0 Å². The van der Waals surface area contributed by atoms with Crippen LogP contribution in [-0.4, -0.2) is 36.6 Å². The molecule has 2 rings (SSSR count). The van der Waals surface area contributed by atoms with E-state index < -0.39 is 0 Å². The normalized spacial score (nSPS) is 40.3. The van der Waals surface area contributed by atoms with Crippen LogP contribution in [0.3, 0.4) is 0 Å².